The molecule has 0 spiro atoms. The van der Waals surface area contributed by atoms with Gasteiger partial charge in [-0.25, -0.2) is 18.7 Å². The Morgan fingerprint density at radius 3 is 2.17 bits per heavy atom. The van der Waals surface area contributed by atoms with Gasteiger partial charge in [-0.3, -0.25) is 0 Å². The fourth-order valence-electron chi connectivity index (χ4n) is 1.80. The van der Waals surface area contributed by atoms with E-state index < -0.39 is 11.6 Å². The topological polar surface area (TPSA) is 51.8 Å². The molecule has 0 aliphatic rings. The predicted octanol–water partition coefficient (Wildman–Crippen LogP) is 2.50. The molecule has 0 unspecified atom stereocenters. The van der Waals surface area contributed by atoms with E-state index in [9.17, 15) is 8.78 Å². The lowest BCUT2D eigenvalue weighted by Crippen LogP contribution is -2.07. The van der Waals surface area contributed by atoms with E-state index in [1.54, 1.807) is 0 Å². The third kappa shape index (κ3) is 2.22. The second-order valence-electron chi connectivity index (χ2n) is 4.03. The molecule has 0 atom stereocenters. The summed E-state index contributed by atoms with van der Waals surface area (Å²) < 4.78 is 26.0. The molecule has 2 aromatic rings. The lowest BCUT2D eigenvalue weighted by atomic mass is 10.1. The third-order valence-electron chi connectivity index (χ3n) is 2.80. The van der Waals surface area contributed by atoms with Gasteiger partial charge in [0.25, 0.3) is 0 Å². The maximum atomic E-state index is 13.2. The van der Waals surface area contributed by atoms with Crippen molar-refractivity contribution in [3.63, 3.8) is 0 Å². The fourth-order valence-corrected chi connectivity index (χ4v) is 1.80. The molecular weight excluding hydrogens is 236 g/mol. The molecule has 1 aromatic carbocycles. The Kier molecular flexibility index (Phi) is 3.34. The van der Waals surface area contributed by atoms with Gasteiger partial charge in [-0.05, 0) is 32.0 Å². The number of aryl methyl sites for hydroxylation is 2. The summed E-state index contributed by atoms with van der Waals surface area (Å²) in [6.07, 6.45) is 0. The smallest absolute Gasteiger partial charge is 0.159 e. The van der Waals surface area contributed by atoms with Crippen molar-refractivity contribution in [1.29, 1.82) is 0 Å². The standard InChI is InChI=1S/C13H13F2N3/c1-7-10(6-16)8(2)18-13(17-7)9-3-4-11(14)12(15)5-9/h3-5H,6,16H2,1-2H3. The van der Waals surface area contributed by atoms with Gasteiger partial charge in [-0.1, -0.05) is 0 Å². The van der Waals surface area contributed by atoms with Gasteiger partial charge in [0.1, 0.15) is 0 Å². The summed E-state index contributed by atoms with van der Waals surface area (Å²) in [4.78, 5) is 8.53. The lowest BCUT2D eigenvalue weighted by molar-refractivity contribution is 0.509. The van der Waals surface area contributed by atoms with Crippen LogP contribution in [0.25, 0.3) is 11.4 Å². The second kappa shape index (κ2) is 4.78. The molecule has 18 heavy (non-hydrogen) atoms. The zero-order chi connectivity index (χ0) is 13.3. The molecule has 1 heterocycles. The minimum atomic E-state index is -0.908. The molecular formula is C13H13F2N3. The molecule has 2 rings (SSSR count). The molecule has 0 amide bonds. The summed E-state index contributed by atoms with van der Waals surface area (Å²) in [5.74, 6) is -1.42. The first kappa shape index (κ1) is 12.6. The summed E-state index contributed by atoms with van der Waals surface area (Å²) in [7, 11) is 0. The van der Waals surface area contributed by atoms with Gasteiger partial charge in [0, 0.05) is 29.1 Å². The van der Waals surface area contributed by atoms with Crippen molar-refractivity contribution >= 4 is 0 Å². The monoisotopic (exact) mass is 249 g/mol. The predicted molar refractivity (Wildman–Crippen MR) is 64.7 cm³/mol. The molecule has 0 saturated carbocycles. The lowest BCUT2D eigenvalue weighted by Gasteiger charge is -2.09. The fraction of sp³-hybridized carbons (Fsp3) is 0.231. The highest BCUT2D eigenvalue weighted by atomic mass is 19.2. The maximum Gasteiger partial charge on any atom is 0.159 e. The normalized spacial score (nSPS) is 10.7. The number of aromatic nitrogens is 2. The molecule has 0 bridgehead atoms. The zero-order valence-electron chi connectivity index (χ0n) is 10.2. The number of nitrogens with two attached hydrogens (primary N) is 1. The van der Waals surface area contributed by atoms with E-state index in [0.29, 0.717) is 17.9 Å². The third-order valence-corrected chi connectivity index (χ3v) is 2.80. The Morgan fingerprint density at radius 1 is 1.06 bits per heavy atom. The minimum absolute atomic E-state index is 0.357. The molecule has 0 radical (unpaired) electrons. The first-order valence-electron chi connectivity index (χ1n) is 5.52. The van der Waals surface area contributed by atoms with Crippen molar-refractivity contribution in [2.45, 2.75) is 20.4 Å². The van der Waals surface area contributed by atoms with E-state index in [4.69, 9.17) is 5.73 Å². The van der Waals surface area contributed by atoms with Gasteiger partial charge < -0.3 is 5.73 Å². The quantitative estimate of drug-likeness (QED) is 0.889. The molecule has 0 aliphatic carbocycles. The van der Waals surface area contributed by atoms with Crippen molar-refractivity contribution in [2.24, 2.45) is 5.73 Å². The van der Waals surface area contributed by atoms with E-state index in [1.807, 2.05) is 13.8 Å². The van der Waals surface area contributed by atoms with Gasteiger partial charge in [0.2, 0.25) is 0 Å². The Labute approximate surface area is 104 Å². The number of hydrogen-bond acceptors (Lipinski definition) is 3. The minimum Gasteiger partial charge on any atom is -0.326 e. The molecule has 94 valence electrons. The molecule has 0 saturated heterocycles. The number of hydrogen-bond donors (Lipinski definition) is 1. The van der Waals surface area contributed by atoms with Crippen LogP contribution < -0.4 is 5.73 Å². The summed E-state index contributed by atoms with van der Waals surface area (Å²) in [5, 5.41) is 0. The summed E-state index contributed by atoms with van der Waals surface area (Å²) in [5.41, 5.74) is 8.43. The molecule has 2 N–H and O–H groups in total. The zero-order valence-corrected chi connectivity index (χ0v) is 10.2. The number of rotatable bonds is 2. The number of benzene rings is 1. The van der Waals surface area contributed by atoms with Crippen molar-refractivity contribution in [3.8, 4) is 11.4 Å². The van der Waals surface area contributed by atoms with Crippen LogP contribution in [0.1, 0.15) is 17.0 Å². The van der Waals surface area contributed by atoms with Crippen LogP contribution in [0.2, 0.25) is 0 Å². The average Bonchev–Trinajstić information content (AvgIpc) is 2.32. The van der Waals surface area contributed by atoms with Gasteiger partial charge in [0.05, 0.1) is 0 Å². The highest BCUT2D eigenvalue weighted by molar-refractivity contribution is 5.55. The Morgan fingerprint density at radius 2 is 1.67 bits per heavy atom. The van der Waals surface area contributed by atoms with Crippen molar-refractivity contribution in [1.82, 2.24) is 9.97 Å². The van der Waals surface area contributed by atoms with Crippen LogP contribution in [0.5, 0.6) is 0 Å². The molecule has 0 aliphatic heterocycles. The van der Waals surface area contributed by atoms with Crippen LogP contribution >= 0.6 is 0 Å². The molecule has 5 heteroatoms. The van der Waals surface area contributed by atoms with Crippen LogP contribution in [-0.2, 0) is 6.54 Å². The van der Waals surface area contributed by atoms with Crippen LogP contribution in [0, 0.1) is 25.5 Å². The maximum absolute atomic E-state index is 13.2. The van der Waals surface area contributed by atoms with Crippen LogP contribution in [0.15, 0.2) is 18.2 Å². The summed E-state index contributed by atoms with van der Waals surface area (Å²) >= 11 is 0. The van der Waals surface area contributed by atoms with Gasteiger partial charge in [0.15, 0.2) is 17.5 Å². The Balaban J connectivity index is 2.54. The first-order chi connectivity index (χ1) is 8.52. The van der Waals surface area contributed by atoms with E-state index in [1.165, 1.54) is 6.07 Å². The molecule has 1 aromatic heterocycles. The number of halogens is 2. The van der Waals surface area contributed by atoms with E-state index in [0.717, 1.165) is 29.1 Å². The van der Waals surface area contributed by atoms with Gasteiger partial charge >= 0.3 is 0 Å². The van der Waals surface area contributed by atoms with Gasteiger partial charge in [-0.15, -0.1) is 0 Å². The van der Waals surface area contributed by atoms with Crippen molar-refractivity contribution < 1.29 is 8.78 Å². The van der Waals surface area contributed by atoms with Crippen LogP contribution in [-0.4, -0.2) is 9.97 Å². The molecule has 3 nitrogen and oxygen atoms in total. The first-order valence-corrected chi connectivity index (χ1v) is 5.52. The SMILES string of the molecule is Cc1nc(-c2ccc(F)c(F)c2)nc(C)c1CN. The van der Waals surface area contributed by atoms with Crippen LogP contribution in [0.4, 0.5) is 8.78 Å². The second-order valence-corrected chi connectivity index (χ2v) is 4.03. The summed E-state index contributed by atoms with van der Waals surface area (Å²) in [6.45, 7) is 4.00. The average molecular weight is 249 g/mol. The molecule has 0 fully saturated rings. The van der Waals surface area contributed by atoms with E-state index in [-0.39, 0.29) is 0 Å². The highest BCUT2D eigenvalue weighted by Crippen LogP contribution is 2.20. The Hall–Kier alpha value is -1.88. The van der Waals surface area contributed by atoms with E-state index in [2.05, 4.69) is 9.97 Å². The largest absolute Gasteiger partial charge is 0.326 e. The van der Waals surface area contributed by atoms with E-state index >= 15 is 0 Å². The highest BCUT2D eigenvalue weighted by Gasteiger charge is 2.10. The van der Waals surface area contributed by atoms with Crippen LogP contribution in [0.3, 0.4) is 0 Å². The Bertz CT molecular complexity index is 574. The summed E-state index contributed by atoms with van der Waals surface area (Å²) in [6, 6.07) is 3.61. The number of nitrogens with zero attached hydrogens (tertiary/aromatic N) is 2. The van der Waals surface area contributed by atoms with Gasteiger partial charge in [-0.2, -0.15) is 0 Å². The van der Waals surface area contributed by atoms with Crippen molar-refractivity contribution in [3.05, 3.63) is 46.8 Å². The van der Waals surface area contributed by atoms with Crippen molar-refractivity contribution in [2.75, 3.05) is 0 Å².